The van der Waals surface area contributed by atoms with E-state index >= 15 is 0 Å². The van der Waals surface area contributed by atoms with Crippen LogP contribution in [0.2, 0.25) is 0 Å². The lowest BCUT2D eigenvalue weighted by Gasteiger charge is -1.90. The molecule has 0 fully saturated rings. The molecule has 0 bridgehead atoms. The SMILES string of the molecule is Nc1ccc2nc(SC/C=C/Cl)[nH]c2c1. The maximum Gasteiger partial charge on any atom is 0.166 e. The smallest absolute Gasteiger partial charge is 0.166 e. The van der Waals surface area contributed by atoms with Crippen LogP contribution in [0.3, 0.4) is 0 Å². The molecule has 0 radical (unpaired) electrons. The number of imidazole rings is 1. The van der Waals surface area contributed by atoms with Gasteiger partial charge in [-0.05, 0) is 18.2 Å². The van der Waals surface area contributed by atoms with Crippen LogP contribution < -0.4 is 5.73 Å². The van der Waals surface area contributed by atoms with E-state index in [0.29, 0.717) is 0 Å². The fourth-order valence-corrected chi connectivity index (χ4v) is 2.13. The van der Waals surface area contributed by atoms with Crippen LogP contribution in [0.15, 0.2) is 35.0 Å². The van der Waals surface area contributed by atoms with Gasteiger partial charge in [0.05, 0.1) is 11.0 Å². The first kappa shape index (κ1) is 10.4. The minimum atomic E-state index is 0.739. The molecule has 2 aromatic rings. The number of hydrogen-bond acceptors (Lipinski definition) is 3. The van der Waals surface area contributed by atoms with Gasteiger partial charge < -0.3 is 10.7 Å². The number of rotatable bonds is 3. The van der Waals surface area contributed by atoms with E-state index in [9.17, 15) is 0 Å². The number of aromatic amines is 1. The van der Waals surface area contributed by atoms with Gasteiger partial charge in [-0.25, -0.2) is 4.98 Å². The Morgan fingerprint density at radius 1 is 1.53 bits per heavy atom. The third-order valence-electron chi connectivity index (χ3n) is 1.89. The van der Waals surface area contributed by atoms with Gasteiger partial charge in [0.2, 0.25) is 0 Å². The topological polar surface area (TPSA) is 54.7 Å². The molecule has 0 atom stereocenters. The molecule has 0 aliphatic rings. The summed E-state index contributed by atoms with van der Waals surface area (Å²) >= 11 is 7.02. The molecular formula is C10H10ClN3S. The molecule has 0 aliphatic heterocycles. The van der Waals surface area contributed by atoms with E-state index in [0.717, 1.165) is 27.6 Å². The quantitative estimate of drug-likeness (QED) is 0.640. The van der Waals surface area contributed by atoms with E-state index in [1.54, 1.807) is 11.8 Å². The Kier molecular flexibility index (Phi) is 3.18. The lowest BCUT2D eigenvalue weighted by atomic mass is 10.3. The van der Waals surface area contributed by atoms with Crippen molar-refractivity contribution in [3.05, 3.63) is 29.8 Å². The monoisotopic (exact) mass is 239 g/mol. The molecule has 1 aromatic heterocycles. The number of thioether (sulfide) groups is 1. The Balaban J connectivity index is 2.23. The van der Waals surface area contributed by atoms with E-state index in [4.69, 9.17) is 17.3 Å². The number of halogens is 1. The van der Waals surface area contributed by atoms with Crippen molar-refractivity contribution < 1.29 is 0 Å². The second-order valence-corrected chi connectivity index (χ2v) is 4.25. The summed E-state index contributed by atoms with van der Waals surface area (Å²) in [5, 5.41) is 0.880. The first-order valence-electron chi connectivity index (χ1n) is 4.43. The molecule has 0 amide bonds. The first-order chi connectivity index (χ1) is 7.29. The number of aromatic nitrogens is 2. The van der Waals surface area contributed by atoms with Gasteiger partial charge in [0.1, 0.15) is 0 Å². The fourth-order valence-electron chi connectivity index (χ4n) is 1.24. The predicted molar refractivity (Wildman–Crippen MR) is 66.2 cm³/mol. The molecule has 0 aliphatic carbocycles. The summed E-state index contributed by atoms with van der Waals surface area (Å²) in [6.07, 6.45) is 1.87. The van der Waals surface area contributed by atoms with Gasteiger partial charge in [0, 0.05) is 17.0 Å². The highest BCUT2D eigenvalue weighted by atomic mass is 35.5. The van der Waals surface area contributed by atoms with E-state index in [1.165, 1.54) is 5.54 Å². The first-order valence-corrected chi connectivity index (χ1v) is 5.85. The number of nitrogens with one attached hydrogen (secondary N) is 1. The van der Waals surface area contributed by atoms with Crippen molar-refractivity contribution >= 4 is 40.1 Å². The molecule has 0 spiro atoms. The number of anilines is 1. The zero-order valence-corrected chi connectivity index (χ0v) is 9.48. The van der Waals surface area contributed by atoms with Gasteiger partial charge in [-0.3, -0.25) is 0 Å². The number of benzene rings is 1. The Morgan fingerprint density at radius 3 is 3.20 bits per heavy atom. The summed E-state index contributed by atoms with van der Waals surface area (Å²) in [5.74, 6) is 0.804. The molecule has 0 saturated heterocycles. The van der Waals surface area contributed by atoms with Crippen molar-refractivity contribution in [2.24, 2.45) is 0 Å². The third-order valence-corrected chi connectivity index (χ3v) is 2.89. The molecule has 5 heteroatoms. The summed E-state index contributed by atoms with van der Waals surface area (Å²) < 4.78 is 0. The maximum absolute atomic E-state index is 5.67. The highest BCUT2D eigenvalue weighted by Gasteiger charge is 2.02. The Hall–Kier alpha value is -1.13. The highest BCUT2D eigenvalue weighted by Crippen LogP contribution is 2.21. The second-order valence-electron chi connectivity index (χ2n) is 2.99. The highest BCUT2D eigenvalue weighted by molar-refractivity contribution is 7.99. The number of nitrogens with zero attached hydrogens (tertiary/aromatic N) is 1. The molecule has 78 valence electrons. The predicted octanol–water partition coefficient (Wildman–Crippen LogP) is 2.99. The summed E-state index contributed by atoms with van der Waals surface area (Å²) in [5.41, 5.74) is 9.82. The van der Waals surface area contributed by atoms with E-state index in [-0.39, 0.29) is 0 Å². The minimum absolute atomic E-state index is 0.739. The van der Waals surface area contributed by atoms with Crippen molar-refractivity contribution in [3.8, 4) is 0 Å². The maximum atomic E-state index is 5.67. The number of H-pyrrole nitrogens is 1. The average molecular weight is 240 g/mol. The zero-order chi connectivity index (χ0) is 10.7. The van der Waals surface area contributed by atoms with Gasteiger partial charge in [-0.15, -0.1) is 0 Å². The summed E-state index contributed by atoms with van der Waals surface area (Å²) in [6, 6.07) is 5.63. The van der Waals surface area contributed by atoms with Crippen LogP contribution in [-0.2, 0) is 0 Å². The average Bonchev–Trinajstić information content (AvgIpc) is 2.60. The van der Waals surface area contributed by atoms with Crippen molar-refractivity contribution in [1.29, 1.82) is 0 Å². The van der Waals surface area contributed by atoms with Crippen LogP contribution in [0.4, 0.5) is 5.69 Å². The lowest BCUT2D eigenvalue weighted by Crippen LogP contribution is -1.82. The van der Waals surface area contributed by atoms with Crippen molar-refractivity contribution in [1.82, 2.24) is 9.97 Å². The fraction of sp³-hybridized carbons (Fsp3) is 0.100. The van der Waals surface area contributed by atoms with Crippen LogP contribution in [0, 0.1) is 0 Å². The van der Waals surface area contributed by atoms with Gasteiger partial charge in [-0.1, -0.05) is 29.4 Å². The van der Waals surface area contributed by atoms with Crippen molar-refractivity contribution in [2.45, 2.75) is 5.16 Å². The van der Waals surface area contributed by atoms with Crippen LogP contribution in [0.1, 0.15) is 0 Å². The van der Waals surface area contributed by atoms with Gasteiger partial charge in [0.15, 0.2) is 5.16 Å². The van der Waals surface area contributed by atoms with E-state index in [2.05, 4.69) is 9.97 Å². The normalized spacial score (nSPS) is 11.5. The van der Waals surface area contributed by atoms with Crippen LogP contribution in [0.5, 0.6) is 0 Å². The molecule has 15 heavy (non-hydrogen) atoms. The van der Waals surface area contributed by atoms with Crippen LogP contribution in [-0.4, -0.2) is 15.7 Å². The van der Waals surface area contributed by atoms with Crippen LogP contribution in [0.25, 0.3) is 11.0 Å². The van der Waals surface area contributed by atoms with Gasteiger partial charge >= 0.3 is 0 Å². The lowest BCUT2D eigenvalue weighted by molar-refractivity contribution is 1.08. The second kappa shape index (κ2) is 4.59. The standard InChI is InChI=1S/C10H10ClN3S/c11-4-1-5-15-10-13-8-3-2-7(12)6-9(8)14-10/h1-4,6H,5,12H2,(H,13,14)/b4-1+. The minimum Gasteiger partial charge on any atom is -0.399 e. The number of nitrogen functional groups attached to an aromatic ring is 1. The van der Waals surface area contributed by atoms with E-state index < -0.39 is 0 Å². The number of hydrogen-bond donors (Lipinski definition) is 2. The van der Waals surface area contributed by atoms with Crippen molar-refractivity contribution in [2.75, 3.05) is 11.5 Å². The van der Waals surface area contributed by atoms with E-state index in [1.807, 2.05) is 24.3 Å². The number of nitrogens with two attached hydrogens (primary N) is 1. The molecule has 2 rings (SSSR count). The number of fused-ring (bicyclic) bond motifs is 1. The molecular weight excluding hydrogens is 230 g/mol. The zero-order valence-electron chi connectivity index (χ0n) is 7.90. The Labute approximate surface area is 96.7 Å². The molecule has 3 nitrogen and oxygen atoms in total. The summed E-state index contributed by atoms with van der Waals surface area (Å²) in [6.45, 7) is 0. The van der Waals surface area contributed by atoms with Crippen LogP contribution >= 0.6 is 23.4 Å². The largest absolute Gasteiger partial charge is 0.399 e. The molecule has 3 N–H and O–H groups in total. The van der Waals surface area contributed by atoms with Gasteiger partial charge in [0.25, 0.3) is 0 Å². The molecule has 1 aromatic carbocycles. The Morgan fingerprint density at radius 2 is 2.40 bits per heavy atom. The molecule has 1 heterocycles. The Bertz CT molecular complexity index is 492. The molecule has 0 saturated carbocycles. The summed E-state index contributed by atoms with van der Waals surface area (Å²) in [7, 11) is 0. The molecule has 0 unspecified atom stereocenters. The van der Waals surface area contributed by atoms with Gasteiger partial charge in [-0.2, -0.15) is 0 Å². The van der Waals surface area contributed by atoms with Crippen molar-refractivity contribution in [3.63, 3.8) is 0 Å². The third kappa shape index (κ3) is 2.46. The summed E-state index contributed by atoms with van der Waals surface area (Å²) in [4.78, 5) is 7.59.